The predicted molar refractivity (Wildman–Crippen MR) is 84.0 cm³/mol. The maximum atomic E-state index is 11.7. The lowest BCUT2D eigenvalue weighted by Gasteiger charge is -2.34. The molecule has 1 atom stereocenters. The second-order valence-corrected chi connectivity index (χ2v) is 5.63. The summed E-state index contributed by atoms with van der Waals surface area (Å²) < 4.78 is 4.86. The third kappa shape index (κ3) is 3.10. The van der Waals surface area contributed by atoms with Gasteiger partial charge >= 0.3 is 5.97 Å². The molecule has 1 aromatic rings. The van der Waals surface area contributed by atoms with Crippen molar-refractivity contribution in [1.82, 2.24) is 0 Å². The van der Waals surface area contributed by atoms with Crippen LogP contribution in [-0.2, 0) is 9.53 Å². The Morgan fingerprint density at radius 3 is 2.90 bits per heavy atom. The van der Waals surface area contributed by atoms with Gasteiger partial charge in [-0.1, -0.05) is 18.3 Å². The minimum Gasteiger partial charge on any atom is -0.469 e. The summed E-state index contributed by atoms with van der Waals surface area (Å²) in [6, 6.07) is 6.03. The fraction of sp³-hybridized carbons (Fsp3) is 0.467. The molecular weight excluding hydrogens is 272 g/mol. The summed E-state index contributed by atoms with van der Waals surface area (Å²) in [4.78, 5) is 14.3. The molecule has 1 fully saturated rings. The van der Waals surface area contributed by atoms with E-state index in [9.17, 15) is 4.79 Å². The molecule has 2 rings (SSSR count). The quantitative estimate of drug-likeness (QED) is 0.682. The highest BCUT2D eigenvalue weighted by Gasteiger charge is 2.27. The van der Waals surface area contributed by atoms with Crippen molar-refractivity contribution in [3.05, 3.63) is 29.3 Å². The number of hydrogen-bond acceptors (Lipinski definition) is 4. The first-order valence-corrected chi connectivity index (χ1v) is 7.17. The fourth-order valence-corrected chi connectivity index (χ4v) is 2.84. The number of anilines is 1. The first kappa shape index (κ1) is 14.8. The second kappa shape index (κ2) is 6.22. The molecule has 0 aliphatic carbocycles. The van der Waals surface area contributed by atoms with Crippen LogP contribution in [0, 0.1) is 12.8 Å². The van der Waals surface area contributed by atoms with Gasteiger partial charge < -0.3 is 15.4 Å². The van der Waals surface area contributed by atoms with E-state index in [0.717, 1.165) is 36.2 Å². The number of carbonyl (C=O) groups excluding carboxylic acids is 1. The predicted octanol–water partition coefficient (Wildman–Crippen LogP) is 2.02. The molecule has 4 nitrogen and oxygen atoms in total. The number of thiocarbonyl (C=S) groups is 1. The van der Waals surface area contributed by atoms with Crippen molar-refractivity contribution in [2.75, 3.05) is 25.1 Å². The van der Waals surface area contributed by atoms with Crippen molar-refractivity contribution in [3.63, 3.8) is 0 Å². The Morgan fingerprint density at radius 1 is 1.50 bits per heavy atom. The van der Waals surface area contributed by atoms with Gasteiger partial charge in [0.05, 0.1) is 13.0 Å². The molecule has 0 spiro atoms. The zero-order chi connectivity index (χ0) is 14.7. The van der Waals surface area contributed by atoms with Gasteiger partial charge in [-0.15, -0.1) is 0 Å². The smallest absolute Gasteiger partial charge is 0.310 e. The summed E-state index contributed by atoms with van der Waals surface area (Å²) in [5, 5.41) is 0. The van der Waals surface area contributed by atoms with Crippen LogP contribution in [0.3, 0.4) is 0 Å². The van der Waals surface area contributed by atoms with E-state index in [1.807, 2.05) is 19.1 Å². The van der Waals surface area contributed by atoms with Crippen molar-refractivity contribution in [1.29, 1.82) is 0 Å². The van der Waals surface area contributed by atoms with Gasteiger partial charge in [0.15, 0.2) is 0 Å². The first-order chi connectivity index (χ1) is 9.52. The number of esters is 1. The van der Waals surface area contributed by atoms with Gasteiger partial charge in [0.2, 0.25) is 0 Å². The molecule has 1 heterocycles. The van der Waals surface area contributed by atoms with Crippen molar-refractivity contribution < 1.29 is 9.53 Å². The van der Waals surface area contributed by atoms with Crippen LogP contribution in [-0.4, -0.2) is 31.2 Å². The third-order valence-electron chi connectivity index (χ3n) is 3.72. The lowest BCUT2D eigenvalue weighted by molar-refractivity contribution is -0.145. The molecule has 1 aromatic carbocycles. The molecule has 0 amide bonds. The maximum absolute atomic E-state index is 11.7. The number of aryl methyl sites for hydroxylation is 1. The number of nitrogens with zero attached hydrogens (tertiary/aromatic N) is 1. The summed E-state index contributed by atoms with van der Waals surface area (Å²) in [6.07, 6.45) is 1.84. The van der Waals surface area contributed by atoms with Crippen LogP contribution in [0.25, 0.3) is 0 Å². The van der Waals surface area contributed by atoms with Crippen molar-refractivity contribution in [2.24, 2.45) is 11.7 Å². The SMILES string of the molecule is COC(=O)C1CCCN(c2cc(C)ccc2C(N)=S)C1. The van der Waals surface area contributed by atoms with E-state index >= 15 is 0 Å². The molecule has 108 valence electrons. The van der Waals surface area contributed by atoms with Gasteiger partial charge in [-0.25, -0.2) is 0 Å². The Morgan fingerprint density at radius 2 is 2.25 bits per heavy atom. The number of methoxy groups -OCH3 is 1. The molecule has 1 unspecified atom stereocenters. The van der Waals surface area contributed by atoms with Gasteiger partial charge in [-0.3, -0.25) is 4.79 Å². The molecule has 1 saturated heterocycles. The zero-order valence-corrected chi connectivity index (χ0v) is 12.7. The van der Waals surface area contributed by atoms with E-state index in [2.05, 4.69) is 11.0 Å². The largest absolute Gasteiger partial charge is 0.469 e. The van der Waals surface area contributed by atoms with E-state index in [0.29, 0.717) is 11.5 Å². The zero-order valence-electron chi connectivity index (χ0n) is 11.9. The molecule has 1 aliphatic heterocycles. The van der Waals surface area contributed by atoms with Crippen LogP contribution in [0.5, 0.6) is 0 Å². The topological polar surface area (TPSA) is 55.6 Å². The number of piperidine rings is 1. The average molecular weight is 292 g/mol. The first-order valence-electron chi connectivity index (χ1n) is 6.76. The Hall–Kier alpha value is -1.62. The van der Waals surface area contributed by atoms with Crippen molar-refractivity contribution in [2.45, 2.75) is 19.8 Å². The fourth-order valence-electron chi connectivity index (χ4n) is 2.67. The summed E-state index contributed by atoms with van der Waals surface area (Å²) in [5.74, 6) is -0.215. The Balaban J connectivity index is 2.28. The van der Waals surface area contributed by atoms with Crippen LogP contribution in [0.15, 0.2) is 18.2 Å². The van der Waals surface area contributed by atoms with Crippen LogP contribution in [0.2, 0.25) is 0 Å². The van der Waals surface area contributed by atoms with E-state index in [4.69, 9.17) is 22.7 Å². The summed E-state index contributed by atoms with van der Waals surface area (Å²) in [6.45, 7) is 3.60. The van der Waals surface area contributed by atoms with Crippen LogP contribution >= 0.6 is 12.2 Å². The molecule has 20 heavy (non-hydrogen) atoms. The number of rotatable bonds is 3. The average Bonchev–Trinajstić information content (AvgIpc) is 2.46. The maximum Gasteiger partial charge on any atom is 0.310 e. The highest BCUT2D eigenvalue weighted by molar-refractivity contribution is 7.80. The van der Waals surface area contributed by atoms with Gasteiger partial charge in [0, 0.05) is 24.3 Å². The van der Waals surface area contributed by atoms with E-state index in [1.165, 1.54) is 7.11 Å². The standard InChI is InChI=1S/C15H20N2O2S/c1-10-5-6-12(14(16)20)13(8-10)17-7-3-4-11(9-17)15(18)19-2/h5-6,8,11H,3-4,7,9H2,1-2H3,(H2,16,20). The molecule has 5 heteroatoms. The minimum atomic E-state index is -0.140. The lowest BCUT2D eigenvalue weighted by atomic mass is 9.96. The minimum absolute atomic E-state index is 0.0755. The highest BCUT2D eigenvalue weighted by Crippen LogP contribution is 2.28. The highest BCUT2D eigenvalue weighted by atomic mass is 32.1. The number of nitrogens with two attached hydrogens (primary N) is 1. The normalized spacial score (nSPS) is 18.7. The van der Waals surface area contributed by atoms with Gasteiger partial charge in [-0.05, 0) is 37.5 Å². The third-order valence-corrected chi connectivity index (χ3v) is 3.94. The molecular formula is C15H20N2O2S. The number of ether oxygens (including phenoxy) is 1. The van der Waals surface area contributed by atoms with Crippen molar-refractivity contribution >= 4 is 28.9 Å². The Bertz CT molecular complexity index is 531. The molecule has 0 saturated carbocycles. The van der Waals surface area contributed by atoms with Crippen LogP contribution in [0.4, 0.5) is 5.69 Å². The van der Waals surface area contributed by atoms with Gasteiger partial charge in [0.25, 0.3) is 0 Å². The van der Waals surface area contributed by atoms with E-state index in [-0.39, 0.29) is 11.9 Å². The molecule has 0 radical (unpaired) electrons. The van der Waals surface area contributed by atoms with Gasteiger partial charge in [0.1, 0.15) is 4.99 Å². The summed E-state index contributed by atoms with van der Waals surface area (Å²) >= 11 is 5.13. The molecule has 0 bridgehead atoms. The van der Waals surface area contributed by atoms with E-state index < -0.39 is 0 Å². The summed E-state index contributed by atoms with van der Waals surface area (Å²) in [5.41, 5.74) is 8.85. The summed E-state index contributed by atoms with van der Waals surface area (Å²) in [7, 11) is 1.44. The Kier molecular flexibility index (Phi) is 4.60. The van der Waals surface area contributed by atoms with Crippen LogP contribution in [0.1, 0.15) is 24.0 Å². The van der Waals surface area contributed by atoms with Crippen molar-refractivity contribution in [3.8, 4) is 0 Å². The number of carbonyl (C=O) groups is 1. The van der Waals surface area contributed by atoms with E-state index in [1.54, 1.807) is 0 Å². The Labute approximate surface area is 124 Å². The van der Waals surface area contributed by atoms with Gasteiger partial charge in [-0.2, -0.15) is 0 Å². The monoisotopic (exact) mass is 292 g/mol. The second-order valence-electron chi connectivity index (χ2n) is 5.19. The van der Waals surface area contributed by atoms with Crippen LogP contribution < -0.4 is 10.6 Å². The molecule has 2 N–H and O–H groups in total. The molecule has 1 aliphatic rings. The lowest BCUT2D eigenvalue weighted by Crippen LogP contribution is -2.40. The number of hydrogen-bond donors (Lipinski definition) is 1. The molecule has 0 aromatic heterocycles. The number of benzene rings is 1.